The average Bonchev–Trinajstić information content (AvgIpc) is 2.71. The standard InChI is InChI=1S/C11H11BrN4O/c1-2-8-9(12)10(16-15-8)14-11(17)7-4-3-5-13-6-7/h3-6H,2H2,1H3,(H2,14,15,16,17). The fourth-order valence-corrected chi connectivity index (χ4v) is 1.92. The van der Waals surface area contributed by atoms with Gasteiger partial charge in [-0.05, 0) is 34.5 Å². The van der Waals surface area contributed by atoms with Crippen molar-refractivity contribution in [1.82, 2.24) is 15.2 Å². The maximum absolute atomic E-state index is 11.8. The van der Waals surface area contributed by atoms with E-state index < -0.39 is 0 Å². The van der Waals surface area contributed by atoms with E-state index in [1.54, 1.807) is 18.3 Å². The molecule has 0 unspecified atom stereocenters. The van der Waals surface area contributed by atoms with E-state index >= 15 is 0 Å². The van der Waals surface area contributed by atoms with Crippen LogP contribution in [-0.4, -0.2) is 21.1 Å². The summed E-state index contributed by atoms with van der Waals surface area (Å²) in [4.78, 5) is 15.7. The van der Waals surface area contributed by atoms with Gasteiger partial charge in [-0.25, -0.2) is 0 Å². The van der Waals surface area contributed by atoms with Crippen LogP contribution in [0.15, 0.2) is 29.0 Å². The van der Waals surface area contributed by atoms with Crippen LogP contribution in [0.25, 0.3) is 0 Å². The number of aromatic amines is 1. The number of carbonyl (C=O) groups is 1. The van der Waals surface area contributed by atoms with Gasteiger partial charge < -0.3 is 5.32 Å². The molecule has 1 amide bonds. The topological polar surface area (TPSA) is 70.7 Å². The molecule has 6 heteroatoms. The number of amides is 1. The Balaban J connectivity index is 2.16. The second kappa shape index (κ2) is 5.09. The van der Waals surface area contributed by atoms with Gasteiger partial charge in [0.2, 0.25) is 0 Å². The van der Waals surface area contributed by atoms with Crippen molar-refractivity contribution in [2.24, 2.45) is 0 Å². The molecule has 0 aliphatic heterocycles. The summed E-state index contributed by atoms with van der Waals surface area (Å²) in [7, 11) is 0. The van der Waals surface area contributed by atoms with Gasteiger partial charge in [-0.15, -0.1) is 0 Å². The molecule has 0 radical (unpaired) electrons. The molecule has 17 heavy (non-hydrogen) atoms. The number of carbonyl (C=O) groups excluding carboxylic acids is 1. The summed E-state index contributed by atoms with van der Waals surface area (Å²) >= 11 is 3.39. The Labute approximate surface area is 107 Å². The third kappa shape index (κ3) is 2.52. The van der Waals surface area contributed by atoms with Gasteiger partial charge in [0.15, 0.2) is 5.82 Å². The SMILES string of the molecule is CCc1[nH]nc(NC(=O)c2cccnc2)c1Br. The van der Waals surface area contributed by atoms with Gasteiger partial charge in [-0.2, -0.15) is 5.10 Å². The van der Waals surface area contributed by atoms with E-state index in [9.17, 15) is 4.79 Å². The summed E-state index contributed by atoms with van der Waals surface area (Å²) in [6.45, 7) is 2.00. The summed E-state index contributed by atoms with van der Waals surface area (Å²) in [6, 6.07) is 3.41. The highest BCUT2D eigenvalue weighted by atomic mass is 79.9. The molecule has 0 aliphatic rings. The molecule has 0 aromatic carbocycles. The van der Waals surface area contributed by atoms with Crippen molar-refractivity contribution in [2.45, 2.75) is 13.3 Å². The molecule has 0 saturated heterocycles. The minimum Gasteiger partial charge on any atom is -0.304 e. The highest BCUT2D eigenvalue weighted by Gasteiger charge is 2.13. The number of nitrogens with zero attached hydrogens (tertiary/aromatic N) is 2. The summed E-state index contributed by atoms with van der Waals surface area (Å²) < 4.78 is 0.789. The van der Waals surface area contributed by atoms with E-state index in [0.717, 1.165) is 16.6 Å². The Bertz CT molecular complexity index is 524. The highest BCUT2D eigenvalue weighted by Crippen LogP contribution is 2.24. The smallest absolute Gasteiger partial charge is 0.258 e. The second-order valence-electron chi connectivity index (χ2n) is 3.41. The lowest BCUT2D eigenvalue weighted by Gasteiger charge is -2.01. The van der Waals surface area contributed by atoms with Crippen LogP contribution in [0.4, 0.5) is 5.82 Å². The molecule has 0 bridgehead atoms. The predicted octanol–water partition coefficient (Wildman–Crippen LogP) is 2.38. The summed E-state index contributed by atoms with van der Waals surface area (Å²) in [5, 5.41) is 9.59. The van der Waals surface area contributed by atoms with E-state index in [1.807, 2.05) is 6.92 Å². The lowest BCUT2D eigenvalue weighted by molar-refractivity contribution is 0.102. The maximum atomic E-state index is 11.8. The Hall–Kier alpha value is -1.69. The highest BCUT2D eigenvalue weighted by molar-refractivity contribution is 9.10. The molecular weight excluding hydrogens is 284 g/mol. The molecule has 0 aliphatic carbocycles. The van der Waals surface area contributed by atoms with Crippen LogP contribution in [0.5, 0.6) is 0 Å². The molecular formula is C11H11BrN4O. The first-order chi connectivity index (χ1) is 8.22. The molecule has 2 aromatic rings. The minimum absolute atomic E-state index is 0.229. The zero-order valence-electron chi connectivity index (χ0n) is 9.20. The second-order valence-corrected chi connectivity index (χ2v) is 4.21. The van der Waals surface area contributed by atoms with Gasteiger partial charge >= 0.3 is 0 Å². The van der Waals surface area contributed by atoms with Gasteiger partial charge in [0.25, 0.3) is 5.91 Å². The number of aryl methyl sites for hydroxylation is 1. The van der Waals surface area contributed by atoms with E-state index in [-0.39, 0.29) is 5.91 Å². The zero-order valence-corrected chi connectivity index (χ0v) is 10.8. The monoisotopic (exact) mass is 294 g/mol. The number of halogens is 1. The van der Waals surface area contributed by atoms with Gasteiger partial charge in [0.1, 0.15) is 0 Å². The van der Waals surface area contributed by atoms with E-state index in [2.05, 4.69) is 36.4 Å². The van der Waals surface area contributed by atoms with E-state index in [1.165, 1.54) is 6.20 Å². The fourth-order valence-electron chi connectivity index (χ4n) is 1.36. The van der Waals surface area contributed by atoms with Crippen LogP contribution in [-0.2, 0) is 6.42 Å². The first kappa shape index (κ1) is 11.8. The largest absolute Gasteiger partial charge is 0.304 e. The number of anilines is 1. The Morgan fingerprint density at radius 2 is 2.41 bits per heavy atom. The predicted molar refractivity (Wildman–Crippen MR) is 67.9 cm³/mol. The lowest BCUT2D eigenvalue weighted by atomic mass is 10.2. The van der Waals surface area contributed by atoms with Gasteiger partial charge in [0.05, 0.1) is 15.7 Å². The molecule has 2 N–H and O–H groups in total. The van der Waals surface area contributed by atoms with E-state index in [4.69, 9.17) is 0 Å². The third-order valence-electron chi connectivity index (χ3n) is 2.28. The zero-order chi connectivity index (χ0) is 12.3. The van der Waals surface area contributed by atoms with Crippen molar-refractivity contribution in [1.29, 1.82) is 0 Å². The summed E-state index contributed by atoms with van der Waals surface area (Å²) in [6.07, 6.45) is 3.95. The first-order valence-corrected chi connectivity index (χ1v) is 5.95. The van der Waals surface area contributed by atoms with Crippen LogP contribution in [0, 0.1) is 0 Å². The molecule has 2 rings (SSSR count). The Morgan fingerprint density at radius 3 is 3.00 bits per heavy atom. The van der Waals surface area contributed by atoms with Gasteiger partial charge in [-0.3, -0.25) is 14.9 Å². The fraction of sp³-hybridized carbons (Fsp3) is 0.182. The molecule has 0 atom stereocenters. The summed E-state index contributed by atoms with van der Waals surface area (Å²) in [5.41, 5.74) is 1.45. The van der Waals surface area contributed by atoms with Gasteiger partial charge in [0, 0.05) is 12.4 Å². The van der Waals surface area contributed by atoms with Crippen LogP contribution in [0.1, 0.15) is 23.0 Å². The van der Waals surface area contributed by atoms with E-state index in [0.29, 0.717) is 11.4 Å². The lowest BCUT2D eigenvalue weighted by Crippen LogP contribution is -2.12. The minimum atomic E-state index is -0.229. The number of pyridine rings is 1. The number of nitrogens with one attached hydrogen (secondary N) is 2. The molecule has 2 heterocycles. The number of aromatic nitrogens is 3. The maximum Gasteiger partial charge on any atom is 0.258 e. The molecule has 0 saturated carbocycles. The molecule has 88 valence electrons. The number of rotatable bonds is 3. The third-order valence-corrected chi connectivity index (χ3v) is 3.14. The quantitative estimate of drug-likeness (QED) is 0.913. The first-order valence-electron chi connectivity index (χ1n) is 5.16. The van der Waals surface area contributed by atoms with Crippen molar-refractivity contribution >= 4 is 27.7 Å². The van der Waals surface area contributed by atoms with Crippen molar-refractivity contribution in [2.75, 3.05) is 5.32 Å². The Kier molecular flexibility index (Phi) is 3.53. The van der Waals surface area contributed by atoms with Crippen LogP contribution in [0.2, 0.25) is 0 Å². The van der Waals surface area contributed by atoms with Crippen LogP contribution >= 0.6 is 15.9 Å². The van der Waals surface area contributed by atoms with Gasteiger partial charge in [-0.1, -0.05) is 6.92 Å². The summed E-state index contributed by atoms with van der Waals surface area (Å²) in [5.74, 6) is 0.267. The molecule has 5 nitrogen and oxygen atoms in total. The van der Waals surface area contributed by atoms with Crippen LogP contribution in [0.3, 0.4) is 0 Å². The number of hydrogen-bond acceptors (Lipinski definition) is 3. The normalized spacial score (nSPS) is 10.2. The van der Waals surface area contributed by atoms with Crippen molar-refractivity contribution in [3.05, 3.63) is 40.3 Å². The van der Waals surface area contributed by atoms with Crippen molar-refractivity contribution < 1.29 is 4.79 Å². The molecule has 0 spiro atoms. The number of hydrogen-bond donors (Lipinski definition) is 2. The number of H-pyrrole nitrogens is 1. The van der Waals surface area contributed by atoms with Crippen molar-refractivity contribution in [3.63, 3.8) is 0 Å². The van der Waals surface area contributed by atoms with Crippen LogP contribution < -0.4 is 5.32 Å². The average molecular weight is 295 g/mol. The van der Waals surface area contributed by atoms with Crippen molar-refractivity contribution in [3.8, 4) is 0 Å². The Morgan fingerprint density at radius 1 is 1.59 bits per heavy atom. The molecule has 0 fully saturated rings. The molecule has 2 aromatic heterocycles.